The average Bonchev–Trinajstić information content (AvgIpc) is 2.80. The minimum atomic E-state index is -0.805. The molecule has 9 heteroatoms. The highest BCUT2D eigenvalue weighted by Crippen LogP contribution is 2.21. The zero-order chi connectivity index (χ0) is 25.1. The van der Waals surface area contributed by atoms with E-state index in [4.69, 9.17) is 18.9 Å². The minimum Gasteiger partial charge on any atom is -0.496 e. The highest BCUT2D eigenvalue weighted by Gasteiger charge is 2.17. The van der Waals surface area contributed by atoms with Crippen LogP contribution < -0.4 is 15.4 Å². The smallest absolute Gasteiger partial charge is 0.412 e. The van der Waals surface area contributed by atoms with Crippen molar-refractivity contribution < 1.29 is 33.3 Å². The number of esters is 1. The van der Waals surface area contributed by atoms with Crippen LogP contribution in [0.4, 0.5) is 9.59 Å². The van der Waals surface area contributed by atoms with Crippen LogP contribution in [0.15, 0.2) is 54.2 Å². The number of carbonyl (C=O) groups is 3. The molecule has 2 aromatic carbocycles. The zero-order valence-electron chi connectivity index (χ0n) is 20.0. The summed E-state index contributed by atoms with van der Waals surface area (Å²) in [5.74, 6) is -0.219. The SMILES string of the molecule is COC(=O)/C(=C\c1ccc(OC)c(CNC(=O)OC(C)(C)C)c1)NC(=O)OCc1ccccc1. The van der Waals surface area contributed by atoms with Crippen molar-refractivity contribution in [2.45, 2.75) is 39.5 Å². The van der Waals surface area contributed by atoms with Crippen molar-refractivity contribution in [1.82, 2.24) is 10.6 Å². The minimum absolute atomic E-state index is 0.0458. The quantitative estimate of drug-likeness (QED) is 0.338. The van der Waals surface area contributed by atoms with Crippen LogP contribution in [0.1, 0.15) is 37.5 Å². The molecule has 2 rings (SSSR count). The van der Waals surface area contributed by atoms with Crippen molar-refractivity contribution in [3.05, 3.63) is 70.9 Å². The fourth-order valence-electron chi connectivity index (χ4n) is 2.80. The van der Waals surface area contributed by atoms with Crippen molar-refractivity contribution in [2.24, 2.45) is 0 Å². The number of hydrogen-bond acceptors (Lipinski definition) is 7. The van der Waals surface area contributed by atoms with Crippen molar-refractivity contribution >= 4 is 24.2 Å². The molecule has 2 aromatic rings. The Labute approximate surface area is 199 Å². The summed E-state index contributed by atoms with van der Waals surface area (Å²) in [5.41, 5.74) is 1.26. The molecular formula is C25H30N2O7. The largest absolute Gasteiger partial charge is 0.496 e. The van der Waals surface area contributed by atoms with E-state index in [2.05, 4.69) is 10.6 Å². The maximum Gasteiger partial charge on any atom is 0.412 e. The normalized spacial score (nSPS) is 11.3. The Kier molecular flexibility index (Phi) is 9.49. The Balaban J connectivity index is 2.15. The summed E-state index contributed by atoms with van der Waals surface area (Å²) < 4.78 is 20.5. The number of amides is 2. The summed E-state index contributed by atoms with van der Waals surface area (Å²) in [6.45, 7) is 5.48. The highest BCUT2D eigenvalue weighted by molar-refractivity contribution is 5.96. The van der Waals surface area contributed by atoms with Crippen LogP contribution in [0, 0.1) is 0 Å². The number of nitrogens with one attached hydrogen (secondary N) is 2. The summed E-state index contributed by atoms with van der Waals surface area (Å²) in [6.07, 6.45) is 0.0564. The molecule has 0 unspecified atom stereocenters. The molecule has 9 nitrogen and oxygen atoms in total. The van der Waals surface area contributed by atoms with Gasteiger partial charge in [-0.1, -0.05) is 36.4 Å². The molecule has 0 bridgehead atoms. The van der Waals surface area contributed by atoms with Gasteiger partial charge in [-0.3, -0.25) is 5.32 Å². The summed E-state index contributed by atoms with van der Waals surface area (Å²) in [6, 6.07) is 14.2. The van der Waals surface area contributed by atoms with Gasteiger partial charge in [-0.15, -0.1) is 0 Å². The van der Waals surface area contributed by atoms with E-state index in [0.717, 1.165) is 5.56 Å². The van der Waals surface area contributed by atoms with E-state index in [9.17, 15) is 14.4 Å². The van der Waals surface area contributed by atoms with Crippen LogP contribution in [0.5, 0.6) is 5.75 Å². The Morgan fingerprint density at radius 1 is 0.971 bits per heavy atom. The third-order valence-corrected chi connectivity index (χ3v) is 4.29. The number of rotatable bonds is 8. The highest BCUT2D eigenvalue weighted by atomic mass is 16.6. The number of methoxy groups -OCH3 is 2. The summed E-state index contributed by atoms with van der Waals surface area (Å²) in [7, 11) is 2.71. The monoisotopic (exact) mass is 470 g/mol. The molecule has 182 valence electrons. The molecule has 0 saturated heterocycles. The van der Waals surface area contributed by atoms with Gasteiger partial charge in [-0.2, -0.15) is 0 Å². The predicted octanol–water partition coefficient (Wildman–Crippen LogP) is 4.16. The van der Waals surface area contributed by atoms with Gasteiger partial charge in [0.1, 0.15) is 23.7 Å². The molecule has 0 aliphatic carbocycles. The lowest BCUT2D eigenvalue weighted by Gasteiger charge is -2.20. The van der Waals surface area contributed by atoms with Gasteiger partial charge in [-0.05, 0) is 50.1 Å². The fourth-order valence-corrected chi connectivity index (χ4v) is 2.80. The van der Waals surface area contributed by atoms with E-state index < -0.39 is 23.8 Å². The van der Waals surface area contributed by atoms with Gasteiger partial charge < -0.3 is 24.3 Å². The van der Waals surface area contributed by atoms with E-state index in [1.807, 2.05) is 30.3 Å². The molecular weight excluding hydrogens is 440 g/mol. The lowest BCUT2D eigenvalue weighted by molar-refractivity contribution is -0.136. The summed E-state index contributed by atoms with van der Waals surface area (Å²) in [4.78, 5) is 36.5. The van der Waals surface area contributed by atoms with Crippen LogP contribution in [0.3, 0.4) is 0 Å². The van der Waals surface area contributed by atoms with E-state index >= 15 is 0 Å². The molecule has 0 aliphatic rings. The van der Waals surface area contributed by atoms with Crippen molar-refractivity contribution in [3.63, 3.8) is 0 Å². The molecule has 2 N–H and O–H groups in total. The van der Waals surface area contributed by atoms with Gasteiger partial charge in [-0.25, -0.2) is 14.4 Å². The molecule has 0 aliphatic heterocycles. The fraction of sp³-hybridized carbons (Fsp3) is 0.320. The first-order chi connectivity index (χ1) is 16.1. The second kappa shape index (κ2) is 12.3. The number of alkyl carbamates (subject to hydrolysis) is 2. The van der Waals surface area contributed by atoms with Gasteiger partial charge in [0, 0.05) is 12.1 Å². The summed E-state index contributed by atoms with van der Waals surface area (Å²) in [5, 5.41) is 5.08. The van der Waals surface area contributed by atoms with Crippen LogP contribution in [-0.4, -0.2) is 38.0 Å². The lowest BCUT2D eigenvalue weighted by Crippen LogP contribution is -2.32. The average molecular weight is 471 g/mol. The maximum absolute atomic E-state index is 12.2. The third kappa shape index (κ3) is 8.85. The zero-order valence-corrected chi connectivity index (χ0v) is 20.0. The van der Waals surface area contributed by atoms with Crippen molar-refractivity contribution in [1.29, 1.82) is 0 Å². The van der Waals surface area contributed by atoms with Gasteiger partial charge >= 0.3 is 18.2 Å². The first kappa shape index (κ1) is 26.2. The van der Waals surface area contributed by atoms with Gasteiger partial charge in [0.15, 0.2) is 0 Å². The van der Waals surface area contributed by atoms with Crippen LogP contribution in [0.25, 0.3) is 6.08 Å². The predicted molar refractivity (Wildman–Crippen MR) is 126 cm³/mol. The van der Waals surface area contributed by atoms with Crippen LogP contribution in [-0.2, 0) is 32.2 Å². The van der Waals surface area contributed by atoms with Gasteiger partial charge in [0.2, 0.25) is 0 Å². The summed E-state index contributed by atoms with van der Waals surface area (Å²) >= 11 is 0. The first-order valence-electron chi connectivity index (χ1n) is 10.5. The molecule has 2 amide bonds. The number of benzene rings is 2. The van der Waals surface area contributed by atoms with Crippen molar-refractivity contribution in [3.8, 4) is 5.75 Å². The van der Waals surface area contributed by atoms with Crippen LogP contribution in [0.2, 0.25) is 0 Å². The Morgan fingerprint density at radius 2 is 1.68 bits per heavy atom. The lowest BCUT2D eigenvalue weighted by atomic mass is 10.1. The molecule has 0 saturated carbocycles. The third-order valence-electron chi connectivity index (χ3n) is 4.29. The Hall–Kier alpha value is -4.01. The first-order valence-corrected chi connectivity index (χ1v) is 10.5. The molecule has 0 fully saturated rings. The maximum atomic E-state index is 12.2. The van der Waals surface area contributed by atoms with E-state index in [1.165, 1.54) is 20.3 Å². The molecule has 34 heavy (non-hydrogen) atoms. The second-order valence-electron chi connectivity index (χ2n) is 8.16. The Morgan fingerprint density at radius 3 is 2.29 bits per heavy atom. The van der Waals surface area contributed by atoms with E-state index in [1.54, 1.807) is 39.0 Å². The molecule has 0 spiro atoms. The number of carbonyl (C=O) groups excluding carboxylic acids is 3. The van der Waals surface area contributed by atoms with Gasteiger partial charge in [0.25, 0.3) is 0 Å². The van der Waals surface area contributed by atoms with Crippen LogP contribution >= 0.6 is 0 Å². The standard InChI is InChI=1S/C25H30N2O7/c1-25(2,3)34-23(29)26-15-19-13-18(11-12-21(19)31-4)14-20(22(28)32-5)27-24(30)33-16-17-9-7-6-8-10-17/h6-14H,15-16H2,1-5H3,(H,26,29)(H,27,30)/b20-14+. The second-order valence-corrected chi connectivity index (χ2v) is 8.16. The molecule has 0 aromatic heterocycles. The molecule has 0 atom stereocenters. The topological polar surface area (TPSA) is 112 Å². The van der Waals surface area contributed by atoms with E-state index in [-0.39, 0.29) is 18.8 Å². The number of hydrogen-bond donors (Lipinski definition) is 2. The number of ether oxygens (including phenoxy) is 4. The molecule has 0 radical (unpaired) electrons. The molecule has 0 heterocycles. The van der Waals surface area contributed by atoms with Gasteiger partial charge in [0.05, 0.1) is 14.2 Å². The Bertz CT molecular complexity index is 1030. The van der Waals surface area contributed by atoms with Crippen molar-refractivity contribution in [2.75, 3.05) is 14.2 Å². The van der Waals surface area contributed by atoms with E-state index in [0.29, 0.717) is 16.9 Å².